The number of benzene rings is 2. The van der Waals surface area contributed by atoms with Crippen molar-refractivity contribution < 1.29 is 24.2 Å². The Morgan fingerprint density at radius 3 is 2.26 bits per heavy atom. The van der Waals surface area contributed by atoms with E-state index in [0.29, 0.717) is 11.3 Å². The number of aliphatic hydroxyl groups excluding tert-OH is 1. The molecule has 1 amide bonds. The number of aliphatic hydroxyl groups is 1. The predicted molar refractivity (Wildman–Crippen MR) is 133 cm³/mol. The van der Waals surface area contributed by atoms with Gasteiger partial charge in [-0.15, -0.1) is 0 Å². The predicted octanol–water partition coefficient (Wildman–Crippen LogP) is 4.23. The molecule has 182 valence electrons. The number of anilines is 1. The standard InChI is InChI=1S/C27H34N2O5/c1-7-28(8-2)20-11-9-19(10-12-20)23-22(25(31)27(32)29(23)13-14-33-5)24(30)21-16-17(3)15-18(4)26(21)34-6/h9-12,15-16,23,30H,7-8,13-14H2,1-6H3/b24-22+. The molecule has 1 heterocycles. The van der Waals surface area contributed by atoms with Crippen molar-refractivity contribution in [3.8, 4) is 5.75 Å². The summed E-state index contributed by atoms with van der Waals surface area (Å²) < 4.78 is 10.7. The smallest absolute Gasteiger partial charge is 0.295 e. The number of nitrogens with zero attached hydrogens (tertiary/aromatic N) is 2. The second-order valence-electron chi connectivity index (χ2n) is 8.41. The Labute approximate surface area is 201 Å². The summed E-state index contributed by atoms with van der Waals surface area (Å²) in [4.78, 5) is 29.9. The zero-order valence-corrected chi connectivity index (χ0v) is 20.8. The van der Waals surface area contributed by atoms with Crippen LogP contribution in [-0.4, -0.2) is 62.2 Å². The Balaban J connectivity index is 2.20. The first-order chi connectivity index (χ1) is 16.3. The van der Waals surface area contributed by atoms with Gasteiger partial charge in [-0.3, -0.25) is 9.59 Å². The van der Waals surface area contributed by atoms with Gasteiger partial charge in [0.2, 0.25) is 0 Å². The first-order valence-corrected chi connectivity index (χ1v) is 11.6. The molecule has 1 saturated heterocycles. The van der Waals surface area contributed by atoms with E-state index in [2.05, 4.69) is 18.7 Å². The summed E-state index contributed by atoms with van der Waals surface area (Å²) in [5.41, 5.74) is 4.00. The minimum Gasteiger partial charge on any atom is -0.507 e. The zero-order chi connectivity index (χ0) is 25.0. The van der Waals surface area contributed by atoms with E-state index < -0.39 is 17.7 Å². The Morgan fingerprint density at radius 2 is 1.71 bits per heavy atom. The van der Waals surface area contributed by atoms with Crippen molar-refractivity contribution in [3.63, 3.8) is 0 Å². The molecular weight excluding hydrogens is 432 g/mol. The molecule has 1 aliphatic heterocycles. The number of methoxy groups -OCH3 is 2. The number of hydrogen-bond acceptors (Lipinski definition) is 6. The van der Waals surface area contributed by atoms with Gasteiger partial charge in [-0.25, -0.2) is 0 Å². The van der Waals surface area contributed by atoms with E-state index in [1.165, 1.54) is 12.0 Å². The highest BCUT2D eigenvalue weighted by atomic mass is 16.5. The van der Waals surface area contributed by atoms with Gasteiger partial charge < -0.3 is 24.4 Å². The number of ether oxygens (including phenoxy) is 2. The number of carbonyl (C=O) groups excluding carboxylic acids is 2. The van der Waals surface area contributed by atoms with Crippen molar-refractivity contribution in [2.24, 2.45) is 0 Å². The fraction of sp³-hybridized carbons (Fsp3) is 0.407. The Kier molecular flexibility index (Phi) is 7.99. The molecule has 0 bridgehead atoms. The van der Waals surface area contributed by atoms with Gasteiger partial charge in [-0.2, -0.15) is 0 Å². The maximum absolute atomic E-state index is 13.2. The van der Waals surface area contributed by atoms with Crippen LogP contribution in [0.25, 0.3) is 5.76 Å². The third kappa shape index (κ3) is 4.66. The minimum absolute atomic E-state index is 0.0555. The third-order valence-corrected chi connectivity index (χ3v) is 6.29. The van der Waals surface area contributed by atoms with Crippen LogP contribution in [0.3, 0.4) is 0 Å². The minimum atomic E-state index is -0.730. The van der Waals surface area contributed by atoms with Crippen LogP contribution in [0.2, 0.25) is 0 Å². The van der Waals surface area contributed by atoms with E-state index in [4.69, 9.17) is 9.47 Å². The van der Waals surface area contributed by atoms with Crippen LogP contribution in [0.4, 0.5) is 5.69 Å². The number of hydrogen-bond donors (Lipinski definition) is 1. The van der Waals surface area contributed by atoms with Crippen molar-refractivity contribution >= 4 is 23.1 Å². The van der Waals surface area contributed by atoms with E-state index in [0.717, 1.165) is 35.5 Å². The fourth-order valence-corrected chi connectivity index (χ4v) is 4.65. The molecular formula is C27H34N2O5. The molecule has 1 aliphatic rings. The lowest BCUT2D eigenvalue weighted by Crippen LogP contribution is -2.32. The van der Waals surface area contributed by atoms with E-state index in [1.54, 1.807) is 13.2 Å². The second kappa shape index (κ2) is 10.7. The molecule has 0 spiro atoms. The van der Waals surface area contributed by atoms with Crippen LogP contribution in [0.1, 0.15) is 42.1 Å². The molecule has 0 saturated carbocycles. The van der Waals surface area contributed by atoms with Crippen LogP contribution in [0.5, 0.6) is 5.75 Å². The maximum atomic E-state index is 13.2. The molecule has 0 radical (unpaired) electrons. The van der Waals surface area contributed by atoms with Crippen LogP contribution in [0, 0.1) is 13.8 Å². The molecule has 34 heavy (non-hydrogen) atoms. The summed E-state index contributed by atoms with van der Waals surface area (Å²) in [7, 11) is 3.07. The highest BCUT2D eigenvalue weighted by molar-refractivity contribution is 6.46. The van der Waals surface area contributed by atoms with Gasteiger partial charge in [0.15, 0.2) is 0 Å². The summed E-state index contributed by atoms with van der Waals surface area (Å²) in [6.07, 6.45) is 0. The van der Waals surface area contributed by atoms with Gasteiger partial charge >= 0.3 is 0 Å². The topological polar surface area (TPSA) is 79.3 Å². The largest absolute Gasteiger partial charge is 0.507 e. The van der Waals surface area contributed by atoms with Gasteiger partial charge in [0.05, 0.1) is 30.9 Å². The molecule has 7 nitrogen and oxygen atoms in total. The molecule has 0 aliphatic carbocycles. The van der Waals surface area contributed by atoms with Crippen molar-refractivity contribution in [2.45, 2.75) is 33.7 Å². The highest BCUT2D eigenvalue weighted by Gasteiger charge is 2.46. The van der Waals surface area contributed by atoms with Gasteiger partial charge in [0.25, 0.3) is 11.7 Å². The molecule has 2 aromatic rings. The summed E-state index contributed by atoms with van der Waals surface area (Å²) >= 11 is 0. The summed E-state index contributed by atoms with van der Waals surface area (Å²) in [6.45, 7) is 10.2. The highest BCUT2D eigenvalue weighted by Crippen LogP contribution is 2.42. The van der Waals surface area contributed by atoms with Crippen LogP contribution in [-0.2, 0) is 14.3 Å². The van der Waals surface area contributed by atoms with Gasteiger partial charge in [-0.05, 0) is 62.6 Å². The first kappa shape index (κ1) is 25.3. The lowest BCUT2D eigenvalue weighted by molar-refractivity contribution is -0.140. The monoisotopic (exact) mass is 466 g/mol. The van der Waals surface area contributed by atoms with Crippen molar-refractivity contribution in [1.82, 2.24) is 4.90 Å². The maximum Gasteiger partial charge on any atom is 0.295 e. The number of carbonyl (C=O) groups is 2. The quantitative estimate of drug-likeness (QED) is 0.339. The average Bonchev–Trinajstić information content (AvgIpc) is 3.08. The van der Waals surface area contributed by atoms with E-state index in [9.17, 15) is 14.7 Å². The van der Waals surface area contributed by atoms with Crippen molar-refractivity contribution in [1.29, 1.82) is 0 Å². The fourth-order valence-electron chi connectivity index (χ4n) is 4.65. The normalized spacial score (nSPS) is 17.4. The second-order valence-corrected chi connectivity index (χ2v) is 8.41. The molecule has 0 aromatic heterocycles. The van der Waals surface area contributed by atoms with E-state index >= 15 is 0 Å². The van der Waals surface area contributed by atoms with Crippen molar-refractivity contribution in [2.75, 3.05) is 45.4 Å². The molecule has 1 N–H and O–H groups in total. The molecule has 2 aromatic carbocycles. The zero-order valence-electron chi connectivity index (χ0n) is 20.8. The molecule has 1 fully saturated rings. The van der Waals surface area contributed by atoms with Crippen molar-refractivity contribution in [3.05, 3.63) is 64.2 Å². The lowest BCUT2D eigenvalue weighted by Gasteiger charge is -2.26. The van der Waals surface area contributed by atoms with E-state index in [-0.39, 0.29) is 24.5 Å². The van der Waals surface area contributed by atoms with Crippen LogP contribution in [0.15, 0.2) is 42.0 Å². The molecule has 7 heteroatoms. The lowest BCUT2D eigenvalue weighted by atomic mass is 9.93. The summed E-state index contributed by atoms with van der Waals surface area (Å²) in [5.74, 6) is -1.13. The average molecular weight is 467 g/mol. The Morgan fingerprint density at radius 1 is 1.06 bits per heavy atom. The van der Waals surface area contributed by atoms with Gasteiger partial charge in [0.1, 0.15) is 11.5 Å². The number of amides is 1. The number of aryl methyl sites for hydroxylation is 2. The van der Waals surface area contributed by atoms with Crippen LogP contribution >= 0.6 is 0 Å². The summed E-state index contributed by atoms with van der Waals surface area (Å²) in [5, 5.41) is 11.4. The van der Waals surface area contributed by atoms with Gasteiger partial charge in [0, 0.05) is 32.4 Å². The number of likely N-dealkylation sites (tertiary alicyclic amines) is 1. The number of Topliss-reactive ketones (excluding diaryl/α,β-unsaturated/α-hetero) is 1. The number of ketones is 1. The first-order valence-electron chi connectivity index (χ1n) is 11.6. The molecule has 3 rings (SSSR count). The Bertz CT molecular complexity index is 1090. The summed E-state index contributed by atoms with van der Waals surface area (Å²) in [6, 6.07) is 10.8. The third-order valence-electron chi connectivity index (χ3n) is 6.29. The molecule has 1 unspecified atom stereocenters. The van der Waals surface area contributed by atoms with E-state index in [1.807, 2.05) is 44.2 Å². The SMILES string of the molecule is CCN(CC)c1ccc(C2/C(=C(\O)c3cc(C)cc(C)c3OC)C(=O)C(=O)N2CCOC)cc1. The Hall–Kier alpha value is -3.32. The molecule has 1 atom stereocenters. The van der Waals surface area contributed by atoms with Crippen LogP contribution < -0.4 is 9.64 Å². The number of rotatable bonds is 9. The van der Waals surface area contributed by atoms with Gasteiger partial charge in [-0.1, -0.05) is 18.2 Å².